The SMILES string of the molecule is Cc1cccc(C(=O)Nc2nccnc2C(=O)NC2CCN(C(=O)CCc3ccccc3)CC2)c1. The zero-order valence-corrected chi connectivity index (χ0v) is 19.7. The summed E-state index contributed by atoms with van der Waals surface area (Å²) in [5.41, 5.74) is 2.65. The van der Waals surface area contributed by atoms with Gasteiger partial charge in [-0.2, -0.15) is 0 Å². The normalized spacial score (nSPS) is 13.8. The van der Waals surface area contributed by atoms with Crippen molar-refractivity contribution in [2.75, 3.05) is 18.4 Å². The van der Waals surface area contributed by atoms with Gasteiger partial charge >= 0.3 is 0 Å². The summed E-state index contributed by atoms with van der Waals surface area (Å²) in [6, 6.07) is 17.1. The van der Waals surface area contributed by atoms with Crippen molar-refractivity contribution in [3.8, 4) is 0 Å². The molecule has 0 unspecified atom stereocenters. The number of aryl methyl sites for hydroxylation is 2. The predicted octanol–water partition coefficient (Wildman–Crippen LogP) is 3.39. The van der Waals surface area contributed by atoms with Crippen LogP contribution < -0.4 is 10.6 Å². The van der Waals surface area contributed by atoms with Crippen LogP contribution in [0, 0.1) is 6.92 Å². The molecule has 8 nitrogen and oxygen atoms in total. The molecule has 3 amide bonds. The Hall–Kier alpha value is -4.07. The van der Waals surface area contributed by atoms with Gasteiger partial charge in [-0.25, -0.2) is 9.97 Å². The third-order valence-corrected chi connectivity index (χ3v) is 6.08. The topological polar surface area (TPSA) is 104 Å². The van der Waals surface area contributed by atoms with Gasteiger partial charge in [0.25, 0.3) is 11.8 Å². The third kappa shape index (κ3) is 6.50. The van der Waals surface area contributed by atoms with E-state index in [-0.39, 0.29) is 29.4 Å². The first-order valence-electron chi connectivity index (χ1n) is 11.8. The molecule has 0 radical (unpaired) electrons. The largest absolute Gasteiger partial charge is 0.348 e. The van der Waals surface area contributed by atoms with E-state index in [0.29, 0.717) is 37.9 Å². The smallest absolute Gasteiger partial charge is 0.273 e. The number of anilines is 1. The first-order valence-corrected chi connectivity index (χ1v) is 11.8. The van der Waals surface area contributed by atoms with Crippen molar-refractivity contribution in [3.05, 3.63) is 89.4 Å². The molecular formula is C27H29N5O3. The van der Waals surface area contributed by atoms with Gasteiger partial charge in [-0.1, -0.05) is 48.0 Å². The predicted molar refractivity (Wildman–Crippen MR) is 133 cm³/mol. The van der Waals surface area contributed by atoms with Crippen molar-refractivity contribution < 1.29 is 14.4 Å². The fourth-order valence-corrected chi connectivity index (χ4v) is 4.14. The maximum absolute atomic E-state index is 12.9. The summed E-state index contributed by atoms with van der Waals surface area (Å²) in [7, 11) is 0. The first-order chi connectivity index (χ1) is 17.0. The first kappa shape index (κ1) is 24.1. The fourth-order valence-electron chi connectivity index (χ4n) is 4.14. The number of carbonyl (C=O) groups excluding carboxylic acids is 3. The fraction of sp³-hybridized carbons (Fsp3) is 0.296. The number of nitrogens with one attached hydrogen (secondary N) is 2. The lowest BCUT2D eigenvalue weighted by molar-refractivity contribution is -0.132. The molecule has 4 rings (SSSR count). The molecular weight excluding hydrogens is 442 g/mol. The second kappa shape index (κ2) is 11.4. The van der Waals surface area contributed by atoms with Crippen LogP contribution in [0.25, 0.3) is 0 Å². The molecule has 1 fully saturated rings. The average molecular weight is 472 g/mol. The molecule has 0 atom stereocenters. The van der Waals surface area contributed by atoms with Crippen LogP contribution in [0.1, 0.15) is 51.2 Å². The number of nitrogens with zero attached hydrogens (tertiary/aromatic N) is 3. The minimum absolute atomic E-state index is 0.0647. The van der Waals surface area contributed by atoms with Gasteiger partial charge in [0.1, 0.15) is 0 Å². The lowest BCUT2D eigenvalue weighted by Crippen LogP contribution is -2.46. The van der Waals surface area contributed by atoms with E-state index < -0.39 is 5.91 Å². The number of likely N-dealkylation sites (tertiary alicyclic amines) is 1. The standard InChI is InChI=1S/C27H29N5O3/c1-19-6-5-9-21(18-19)26(34)31-25-24(28-14-15-29-25)27(35)30-22-12-16-32(17-13-22)23(33)11-10-20-7-3-2-4-8-20/h2-9,14-15,18,22H,10-13,16-17H2,1H3,(H,30,35)(H,29,31,34). The highest BCUT2D eigenvalue weighted by molar-refractivity contribution is 6.07. The summed E-state index contributed by atoms with van der Waals surface area (Å²) in [5.74, 6) is -0.504. The van der Waals surface area contributed by atoms with Gasteiger partial charge < -0.3 is 15.5 Å². The Morgan fingerprint density at radius 3 is 2.43 bits per heavy atom. The Balaban J connectivity index is 1.30. The second-order valence-corrected chi connectivity index (χ2v) is 8.69. The van der Waals surface area contributed by atoms with Crippen LogP contribution in [0.2, 0.25) is 0 Å². The Morgan fingerprint density at radius 1 is 0.943 bits per heavy atom. The molecule has 1 aliphatic rings. The van der Waals surface area contributed by atoms with Crippen molar-refractivity contribution in [2.24, 2.45) is 0 Å². The summed E-state index contributed by atoms with van der Waals surface area (Å²) in [5, 5.41) is 5.68. The van der Waals surface area contributed by atoms with Crippen LogP contribution in [0.5, 0.6) is 0 Å². The quantitative estimate of drug-likeness (QED) is 0.550. The van der Waals surface area contributed by atoms with Crippen LogP contribution in [-0.4, -0.2) is 51.7 Å². The highest BCUT2D eigenvalue weighted by Crippen LogP contribution is 2.16. The molecule has 2 N–H and O–H groups in total. The Labute approximate surface area is 204 Å². The number of hydrogen-bond acceptors (Lipinski definition) is 5. The maximum Gasteiger partial charge on any atom is 0.273 e. The molecule has 1 saturated heterocycles. The maximum atomic E-state index is 12.9. The number of amides is 3. The summed E-state index contributed by atoms with van der Waals surface area (Å²) in [4.78, 5) is 48.3. The Bertz CT molecular complexity index is 1190. The Morgan fingerprint density at radius 2 is 1.69 bits per heavy atom. The molecule has 0 aliphatic carbocycles. The van der Waals surface area contributed by atoms with E-state index >= 15 is 0 Å². The zero-order valence-electron chi connectivity index (χ0n) is 19.7. The number of hydrogen-bond donors (Lipinski definition) is 2. The van der Waals surface area contributed by atoms with Crippen molar-refractivity contribution in [1.82, 2.24) is 20.2 Å². The van der Waals surface area contributed by atoms with Crippen LogP contribution in [0.3, 0.4) is 0 Å². The minimum atomic E-state index is -0.397. The van der Waals surface area contributed by atoms with E-state index in [1.54, 1.807) is 18.2 Å². The summed E-state index contributed by atoms with van der Waals surface area (Å²) < 4.78 is 0. The zero-order chi connectivity index (χ0) is 24.6. The molecule has 1 aromatic heterocycles. The van der Waals surface area contributed by atoms with Gasteiger partial charge in [-0.05, 0) is 43.9 Å². The summed E-state index contributed by atoms with van der Waals surface area (Å²) in [6.45, 7) is 3.09. The second-order valence-electron chi connectivity index (χ2n) is 8.69. The van der Waals surface area contributed by atoms with E-state index in [1.165, 1.54) is 12.4 Å². The van der Waals surface area contributed by atoms with Crippen molar-refractivity contribution in [2.45, 2.75) is 38.6 Å². The van der Waals surface area contributed by atoms with Crippen molar-refractivity contribution in [3.63, 3.8) is 0 Å². The molecule has 2 heterocycles. The molecule has 0 spiro atoms. The number of piperidine rings is 1. The Kier molecular flexibility index (Phi) is 7.82. The third-order valence-electron chi connectivity index (χ3n) is 6.08. The van der Waals surface area contributed by atoms with Crippen LogP contribution in [0.4, 0.5) is 5.82 Å². The summed E-state index contributed by atoms with van der Waals surface area (Å²) in [6.07, 6.45) is 5.38. The highest BCUT2D eigenvalue weighted by atomic mass is 16.2. The van der Waals surface area contributed by atoms with E-state index in [1.807, 2.05) is 48.2 Å². The van der Waals surface area contributed by atoms with E-state index in [9.17, 15) is 14.4 Å². The number of carbonyl (C=O) groups is 3. The van der Waals surface area contributed by atoms with Crippen LogP contribution >= 0.6 is 0 Å². The molecule has 180 valence electrons. The van der Waals surface area contributed by atoms with E-state index in [4.69, 9.17) is 0 Å². The number of rotatable bonds is 7. The van der Waals surface area contributed by atoms with Gasteiger partial charge in [0.2, 0.25) is 5.91 Å². The molecule has 0 saturated carbocycles. The van der Waals surface area contributed by atoms with Gasteiger partial charge in [0.15, 0.2) is 11.5 Å². The van der Waals surface area contributed by atoms with E-state index in [2.05, 4.69) is 20.6 Å². The minimum Gasteiger partial charge on any atom is -0.348 e. The van der Waals surface area contributed by atoms with Crippen LogP contribution in [0.15, 0.2) is 67.0 Å². The lowest BCUT2D eigenvalue weighted by Gasteiger charge is -2.32. The molecule has 35 heavy (non-hydrogen) atoms. The monoisotopic (exact) mass is 471 g/mol. The van der Waals surface area contributed by atoms with E-state index in [0.717, 1.165) is 17.5 Å². The van der Waals surface area contributed by atoms with Crippen molar-refractivity contribution in [1.29, 1.82) is 0 Å². The average Bonchev–Trinajstić information content (AvgIpc) is 2.88. The molecule has 8 heteroatoms. The highest BCUT2D eigenvalue weighted by Gasteiger charge is 2.25. The van der Waals surface area contributed by atoms with Gasteiger partial charge in [0.05, 0.1) is 0 Å². The molecule has 0 bridgehead atoms. The van der Waals surface area contributed by atoms with Gasteiger partial charge in [0, 0.05) is 43.5 Å². The number of benzene rings is 2. The summed E-state index contributed by atoms with van der Waals surface area (Å²) >= 11 is 0. The molecule has 2 aromatic carbocycles. The van der Waals surface area contributed by atoms with Gasteiger partial charge in [-0.3, -0.25) is 14.4 Å². The van der Waals surface area contributed by atoms with Crippen molar-refractivity contribution >= 4 is 23.5 Å². The van der Waals surface area contributed by atoms with Crippen LogP contribution in [-0.2, 0) is 11.2 Å². The molecule has 3 aromatic rings. The molecule has 1 aliphatic heterocycles. The number of aromatic nitrogens is 2. The lowest BCUT2D eigenvalue weighted by atomic mass is 10.0. The van der Waals surface area contributed by atoms with Gasteiger partial charge in [-0.15, -0.1) is 0 Å².